The van der Waals surface area contributed by atoms with Gasteiger partial charge in [-0.1, -0.05) is 0 Å². The van der Waals surface area contributed by atoms with E-state index in [0.717, 1.165) is 6.07 Å². The Morgan fingerprint density at radius 2 is 2.24 bits per heavy atom. The SMILES string of the molecule is CNC(=O)CCNS(=O)(=O)c1ncccc1F. The molecule has 1 amide bonds. The second-order valence-corrected chi connectivity index (χ2v) is 4.79. The fourth-order valence-corrected chi connectivity index (χ4v) is 2.09. The second-order valence-electron chi connectivity index (χ2n) is 3.11. The van der Waals surface area contributed by atoms with Crippen molar-refractivity contribution >= 4 is 15.9 Å². The van der Waals surface area contributed by atoms with Gasteiger partial charge in [0.25, 0.3) is 10.0 Å². The summed E-state index contributed by atoms with van der Waals surface area (Å²) in [6, 6.07) is 2.29. The first-order valence-corrected chi connectivity index (χ1v) is 6.26. The Kier molecular flexibility index (Phi) is 4.53. The normalized spacial score (nSPS) is 11.2. The van der Waals surface area contributed by atoms with Crippen LogP contribution in [0, 0.1) is 5.82 Å². The number of sulfonamides is 1. The number of hydrogen-bond acceptors (Lipinski definition) is 4. The number of nitrogens with one attached hydrogen (secondary N) is 2. The molecule has 0 radical (unpaired) electrons. The maximum atomic E-state index is 13.2. The number of amides is 1. The van der Waals surface area contributed by atoms with Crippen molar-refractivity contribution in [3.63, 3.8) is 0 Å². The van der Waals surface area contributed by atoms with E-state index >= 15 is 0 Å². The summed E-state index contributed by atoms with van der Waals surface area (Å²) in [5, 5.41) is 1.67. The van der Waals surface area contributed by atoms with Crippen LogP contribution in [-0.2, 0) is 14.8 Å². The summed E-state index contributed by atoms with van der Waals surface area (Å²) in [6.45, 7) is -0.113. The minimum Gasteiger partial charge on any atom is -0.359 e. The Morgan fingerprint density at radius 1 is 1.53 bits per heavy atom. The molecule has 0 saturated carbocycles. The number of halogens is 1. The molecule has 0 aliphatic heterocycles. The van der Waals surface area contributed by atoms with Crippen molar-refractivity contribution in [1.82, 2.24) is 15.0 Å². The highest BCUT2D eigenvalue weighted by atomic mass is 32.2. The lowest BCUT2D eigenvalue weighted by Crippen LogP contribution is -2.30. The lowest BCUT2D eigenvalue weighted by atomic mass is 10.4. The summed E-state index contributed by atoms with van der Waals surface area (Å²) in [4.78, 5) is 14.3. The van der Waals surface area contributed by atoms with Gasteiger partial charge in [0.1, 0.15) is 0 Å². The van der Waals surface area contributed by atoms with E-state index in [0.29, 0.717) is 0 Å². The van der Waals surface area contributed by atoms with Crippen LogP contribution in [0.25, 0.3) is 0 Å². The van der Waals surface area contributed by atoms with Crippen LogP contribution in [0.4, 0.5) is 4.39 Å². The molecular weight excluding hydrogens is 249 g/mol. The van der Waals surface area contributed by atoms with Crippen molar-refractivity contribution < 1.29 is 17.6 Å². The summed E-state index contributed by atoms with van der Waals surface area (Å²) in [5.74, 6) is -1.24. The predicted molar refractivity (Wildman–Crippen MR) is 58.1 cm³/mol. The Balaban J connectivity index is 2.70. The number of carbonyl (C=O) groups excluding carboxylic acids is 1. The number of pyridine rings is 1. The van der Waals surface area contributed by atoms with E-state index in [1.807, 2.05) is 0 Å². The molecule has 0 aliphatic rings. The summed E-state index contributed by atoms with van der Waals surface area (Å²) in [5.41, 5.74) is 0. The zero-order chi connectivity index (χ0) is 12.9. The van der Waals surface area contributed by atoms with Gasteiger partial charge in [0.05, 0.1) is 0 Å². The van der Waals surface area contributed by atoms with Gasteiger partial charge in [0.2, 0.25) is 10.9 Å². The highest BCUT2D eigenvalue weighted by molar-refractivity contribution is 7.89. The van der Waals surface area contributed by atoms with Crippen LogP contribution in [-0.4, -0.2) is 32.9 Å². The molecular formula is C9H12FN3O3S. The van der Waals surface area contributed by atoms with E-state index in [-0.39, 0.29) is 18.9 Å². The van der Waals surface area contributed by atoms with Gasteiger partial charge < -0.3 is 5.32 Å². The number of aromatic nitrogens is 1. The lowest BCUT2D eigenvalue weighted by molar-refractivity contribution is -0.120. The van der Waals surface area contributed by atoms with Crippen LogP contribution < -0.4 is 10.0 Å². The number of hydrogen-bond donors (Lipinski definition) is 2. The molecule has 8 heteroatoms. The third-order valence-corrected chi connectivity index (χ3v) is 3.30. The number of rotatable bonds is 5. The van der Waals surface area contributed by atoms with Gasteiger partial charge in [0.15, 0.2) is 5.82 Å². The minimum absolute atomic E-state index is 0.0236. The zero-order valence-electron chi connectivity index (χ0n) is 9.10. The average molecular weight is 261 g/mol. The minimum atomic E-state index is -4.01. The first kappa shape index (κ1) is 13.5. The monoisotopic (exact) mass is 261 g/mol. The molecule has 0 spiro atoms. The van der Waals surface area contributed by atoms with Crippen LogP contribution in [0.1, 0.15) is 6.42 Å². The van der Waals surface area contributed by atoms with E-state index in [9.17, 15) is 17.6 Å². The molecule has 0 atom stereocenters. The lowest BCUT2D eigenvalue weighted by Gasteiger charge is -2.05. The molecule has 0 bridgehead atoms. The van der Waals surface area contributed by atoms with Gasteiger partial charge in [-0.25, -0.2) is 22.5 Å². The van der Waals surface area contributed by atoms with E-state index in [1.54, 1.807) is 0 Å². The van der Waals surface area contributed by atoms with Gasteiger partial charge in [-0.3, -0.25) is 4.79 Å². The largest absolute Gasteiger partial charge is 0.359 e. The van der Waals surface area contributed by atoms with E-state index in [4.69, 9.17) is 0 Å². The molecule has 2 N–H and O–H groups in total. The van der Waals surface area contributed by atoms with E-state index in [2.05, 4.69) is 15.0 Å². The maximum absolute atomic E-state index is 13.2. The molecule has 94 valence electrons. The average Bonchev–Trinajstić information content (AvgIpc) is 2.28. The van der Waals surface area contributed by atoms with Crippen LogP contribution in [0.5, 0.6) is 0 Å². The highest BCUT2D eigenvalue weighted by Gasteiger charge is 2.19. The standard InChI is InChI=1S/C9H12FN3O3S/c1-11-8(14)4-6-13-17(15,16)9-7(10)3-2-5-12-9/h2-3,5,13H,4,6H2,1H3,(H,11,14). The van der Waals surface area contributed by atoms with Gasteiger partial charge in [-0.05, 0) is 12.1 Å². The Morgan fingerprint density at radius 3 is 2.82 bits per heavy atom. The van der Waals surface area contributed by atoms with Gasteiger partial charge in [-0.15, -0.1) is 0 Å². The quantitative estimate of drug-likeness (QED) is 0.757. The van der Waals surface area contributed by atoms with Crippen LogP contribution >= 0.6 is 0 Å². The molecule has 0 fully saturated rings. The van der Waals surface area contributed by atoms with E-state index < -0.39 is 20.9 Å². The van der Waals surface area contributed by atoms with Gasteiger partial charge in [-0.2, -0.15) is 0 Å². The van der Waals surface area contributed by atoms with Crippen molar-refractivity contribution in [3.8, 4) is 0 Å². The Labute approximate surface area is 98.3 Å². The predicted octanol–water partition coefficient (Wildman–Crippen LogP) is -0.365. The fourth-order valence-electron chi connectivity index (χ4n) is 1.06. The van der Waals surface area contributed by atoms with Crippen molar-refractivity contribution in [2.45, 2.75) is 11.4 Å². The fraction of sp³-hybridized carbons (Fsp3) is 0.333. The van der Waals surface area contributed by atoms with Crippen molar-refractivity contribution in [3.05, 3.63) is 24.1 Å². The molecule has 6 nitrogen and oxygen atoms in total. The molecule has 1 aromatic heterocycles. The molecule has 1 heterocycles. The molecule has 0 aliphatic carbocycles. The summed E-state index contributed by atoms with van der Waals surface area (Å²) < 4.78 is 38.4. The maximum Gasteiger partial charge on any atom is 0.261 e. The molecule has 17 heavy (non-hydrogen) atoms. The van der Waals surface area contributed by atoms with Crippen LogP contribution in [0.15, 0.2) is 23.4 Å². The van der Waals surface area contributed by atoms with Gasteiger partial charge >= 0.3 is 0 Å². The Hall–Kier alpha value is -1.54. The highest BCUT2D eigenvalue weighted by Crippen LogP contribution is 2.09. The molecule has 1 rings (SSSR count). The molecule has 0 aromatic carbocycles. The van der Waals surface area contributed by atoms with Crippen molar-refractivity contribution in [1.29, 1.82) is 0 Å². The molecule has 1 aromatic rings. The van der Waals surface area contributed by atoms with Gasteiger partial charge in [0, 0.05) is 26.2 Å². The number of carbonyl (C=O) groups is 1. The van der Waals surface area contributed by atoms with Crippen molar-refractivity contribution in [2.24, 2.45) is 0 Å². The third-order valence-electron chi connectivity index (χ3n) is 1.90. The first-order chi connectivity index (χ1) is 7.97. The third kappa shape index (κ3) is 3.75. The molecule has 0 saturated heterocycles. The molecule has 0 unspecified atom stereocenters. The number of nitrogens with zero attached hydrogens (tertiary/aromatic N) is 1. The van der Waals surface area contributed by atoms with Crippen LogP contribution in [0.3, 0.4) is 0 Å². The Bertz CT molecular complexity index is 504. The van der Waals surface area contributed by atoms with E-state index in [1.165, 1.54) is 19.3 Å². The second kappa shape index (κ2) is 5.69. The summed E-state index contributed by atoms with van der Waals surface area (Å²) in [7, 11) is -2.57. The zero-order valence-corrected chi connectivity index (χ0v) is 9.92. The first-order valence-electron chi connectivity index (χ1n) is 4.78. The van der Waals surface area contributed by atoms with Crippen LogP contribution in [0.2, 0.25) is 0 Å². The van der Waals surface area contributed by atoms with Crippen molar-refractivity contribution in [2.75, 3.05) is 13.6 Å². The summed E-state index contributed by atoms with van der Waals surface area (Å²) >= 11 is 0. The smallest absolute Gasteiger partial charge is 0.261 e. The topological polar surface area (TPSA) is 88.2 Å². The summed E-state index contributed by atoms with van der Waals surface area (Å²) in [6.07, 6.45) is 1.15.